The summed E-state index contributed by atoms with van der Waals surface area (Å²) in [7, 11) is 0. The van der Waals surface area contributed by atoms with Gasteiger partial charge < -0.3 is 10.4 Å². The first-order valence-electron chi connectivity index (χ1n) is 9.07. The van der Waals surface area contributed by atoms with Gasteiger partial charge in [-0.2, -0.15) is 0 Å². The van der Waals surface area contributed by atoms with E-state index in [0.29, 0.717) is 11.6 Å². The number of pyridine rings is 1. The fraction of sp³-hybridized carbons (Fsp3) is 0.273. The largest absolute Gasteiger partial charge is 0.393 e. The van der Waals surface area contributed by atoms with Gasteiger partial charge in [0.1, 0.15) is 5.69 Å². The maximum Gasteiger partial charge on any atom is 0.270 e. The fourth-order valence-corrected chi connectivity index (χ4v) is 3.70. The third kappa shape index (κ3) is 3.46. The summed E-state index contributed by atoms with van der Waals surface area (Å²) in [5.74, 6) is 0.147. The number of nitrogens with one attached hydrogen (secondary N) is 1. The number of rotatable bonds is 5. The zero-order valence-corrected chi connectivity index (χ0v) is 14.5. The molecule has 0 saturated heterocycles. The van der Waals surface area contributed by atoms with Crippen LogP contribution in [0.2, 0.25) is 0 Å². The molecule has 1 heterocycles. The van der Waals surface area contributed by atoms with Gasteiger partial charge in [-0.3, -0.25) is 9.78 Å². The Morgan fingerprint density at radius 2 is 1.81 bits per heavy atom. The SMILES string of the molecule is O=C(N[C@H](Cc1ccccc1)C1CC(O)C1)c1nccc2ccccc12. The van der Waals surface area contributed by atoms with E-state index in [0.717, 1.165) is 30.0 Å². The Labute approximate surface area is 152 Å². The van der Waals surface area contributed by atoms with E-state index in [9.17, 15) is 9.90 Å². The number of aliphatic hydroxyl groups excluding tert-OH is 1. The molecular weight excluding hydrogens is 324 g/mol. The number of aliphatic hydroxyl groups is 1. The van der Waals surface area contributed by atoms with E-state index in [4.69, 9.17) is 0 Å². The molecule has 26 heavy (non-hydrogen) atoms. The normalized spacial score (nSPS) is 20.3. The highest BCUT2D eigenvalue weighted by Gasteiger charge is 2.35. The van der Waals surface area contributed by atoms with Crippen LogP contribution in [-0.4, -0.2) is 28.1 Å². The summed E-state index contributed by atoms with van der Waals surface area (Å²) in [6.45, 7) is 0. The molecule has 0 spiro atoms. The molecular formula is C22H22N2O2. The summed E-state index contributed by atoms with van der Waals surface area (Å²) in [4.78, 5) is 17.3. The lowest BCUT2D eigenvalue weighted by molar-refractivity contribution is 0.0239. The minimum absolute atomic E-state index is 0.00549. The molecule has 1 aliphatic rings. The molecule has 0 unspecified atom stereocenters. The topological polar surface area (TPSA) is 62.2 Å². The molecule has 0 aliphatic heterocycles. The number of nitrogens with zero attached hydrogens (tertiary/aromatic N) is 1. The van der Waals surface area contributed by atoms with Crippen molar-refractivity contribution >= 4 is 16.7 Å². The van der Waals surface area contributed by atoms with Crippen molar-refractivity contribution < 1.29 is 9.90 Å². The minimum atomic E-state index is -0.245. The van der Waals surface area contributed by atoms with Crippen LogP contribution in [0.25, 0.3) is 10.8 Å². The van der Waals surface area contributed by atoms with Gasteiger partial charge in [0, 0.05) is 17.6 Å². The van der Waals surface area contributed by atoms with Crippen molar-refractivity contribution in [1.29, 1.82) is 0 Å². The van der Waals surface area contributed by atoms with E-state index in [1.807, 2.05) is 48.5 Å². The lowest BCUT2D eigenvalue weighted by Crippen LogP contribution is -2.48. The van der Waals surface area contributed by atoms with Gasteiger partial charge in [0.15, 0.2) is 0 Å². The predicted octanol–water partition coefficient (Wildman–Crippen LogP) is 3.35. The van der Waals surface area contributed by atoms with Crippen molar-refractivity contribution in [2.24, 2.45) is 5.92 Å². The maximum atomic E-state index is 12.9. The van der Waals surface area contributed by atoms with Crippen molar-refractivity contribution in [2.75, 3.05) is 0 Å². The van der Waals surface area contributed by atoms with Crippen LogP contribution in [0.3, 0.4) is 0 Å². The Morgan fingerprint density at radius 1 is 1.08 bits per heavy atom. The highest BCUT2D eigenvalue weighted by Crippen LogP contribution is 2.32. The Morgan fingerprint density at radius 3 is 2.58 bits per heavy atom. The highest BCUT2D eigenvalue weighted by atomic mass is 16.3. The van der Waals surface area contributed by atoms with Gasteiger partial charge in [0.2, 0.25) is 0 Å². The summed E-state index contributed by atoms with van der Waals surface area (Å²) < 4.78 is 0. The van der Waals surface area contributed by atoms with E-state index >= 15 is 0 Å². The van der Waals surface area contributed by atoms with Crippen LogP contribution in [0.4, 0.5) is 0 Å². The maximum absolute atomic E-state index is 12.9. The van der Waals surface area contributed by atoms with E-state index in [1.54, 1.807) is 6.20 Å². The van der Waals surface area contributed by atoms with Crippen LogP contribution in [0.5, 0.6) is 0 Å². The first-order chi connectivity index (χ1) is 12.7. The van der Waals surface area contributed by atoms with E-state index in [-0.39, 0.29) is 18.1 Å². The molecule has 3 aromatic rings. The molecule has 1 amide bonds. The minimum Gasteiger partial charge on any atom is -0.393 e. The zero-order valence-electron chi connectivity index (χ0n) is 14.5. The first kappa shape index (κ1) is 16.7. The zero-order chi connectivity index (χ0) is 17.9. The third-order valence-corrected chi connectivity index (χ3v) is 5.22. The van der Waals surface area contributed by atoms with Crippen molar-refractivity contribution in [2.45, 2.75) is 31.4 Å². The van der Waals surface area contributed by atoms with Crippen LogP contribution in [0, 0.1) is 5.92 Å². The number of amides is 1. The van der Waals surface area contributed by atoms with E-state index in [2.05, 4.69) is 22.4 Å². The second kappa shape index (κ2) is 7.26. The van der Waals surface area contributed by atoms with Gasteiger partial charge in [-0.1, -0.05) is 54.6 Å². The van der Waals surface area contributed by atoms with Gasteiger partial charge >= 0.3 is 0 Å². The van der Waals surface area contributed by atoms with E-state index in [1.165, 1.54) is 5.56 Å². The highest BCUT2D eigenvalue weighted by molar-refractivity contribution is 6.05. The molecule has 4 nitrogen and oxygen atoms in total. The second-order valence-corrected chi connectivity index (χ2v) is 7.04. The number of benzene rings is 2. The van der Waals surface area contributed by atoms with Gasteiger partial charge in [0.05, 0.1) is 6.10 Å². The fourth-order valence-electron chi connectivity index (χ4n) is 3.70. The molecule has 1 aliphatic carbocycles. The Bertz CT molecular complexity index is 899. The summed E-state index contributed by atoms with van der Waals surface area (Å²) in [5.41, 5.74) is 1.64. The average molecular weight is 346 g/mol. The first-order valence-corrected chi connectivity index (χ1v) is 9.07. The van der Waals surface area contributed by atoms with Gasteiger partial charge in [-0.25, -0.2) is 0 Å². The van der Waals surface area contributed by atoms with Crippen LogP contribution >= 0.6 is 0 Å². The van der Waals surface area contributed by atoms with Crippen LogP contribution < -0.4 is 5.32 Å². The molecule has 2 N–H and O–H groups in total. The Hall–Kier alpha value is -2.72. The van der Waals surface area contributed by atoms with Crippen molar-refractivity contribution in [3.05, 3.63) is 78.1 Å². The van der Waals surface area contributed by atoms with Crippen LogP contribution in [-0.2, 0) is 6.42 Å². The molecule has 0 radical (unpaired) electrons. The monoisotopic (exact) mass is 346 g/mol. The molecule has 1 atom stereocenters. The number of hydrogen-bond acceptors (Lipinski definition) is 3. The van der Waals surface area contributed by atoms with Gasteiger partial charge in [-0.15, -0.1) is 0 Å². The molecule has 132 valence electrons. The number of aromatic nitrogens is 1. The van der Waals surface area contributed by atoms with Crippen molar-refractivity contribution in [1.82, 2.24) is 10.3 Å². The predicted molar refractivity (Wildman–Crippen MR) is 102 cm³/mol. The van der Waals surface area contributed by atoms with Crippen molar-refractivity contribution in [3.63, 3.8) is 0 Å². The second-order valence-electron chi connectivity index (χ2n) is 7.04. The smallest absolute Gasteiger partial charge is 0.270 e. The number of hydrogen-bond donors (Lipinski definition) is 2. The molecule has 4 heteroatoms. The number of fused-ring (bicyclic) bond motifs is 1. The molecule has 1 aromatic heterocycles. The lowest BCUT2D eigenvalue weighted by Gasteiger charge is -2.38. The average Bonchev–Trinajstić information content (AvgIpc) is 2.65. The number of carbonyl (C=O) groups excluding carboxylic acids is 1. The Balaban J connectivity index is 1.57. The quantitative estimate of drug-likeness (QED) is 0.745. The summed E-state index contributed by atoms with van der Waals surface area (Å²) in [6.07, 6.45) is 3.66. The van der Waals surface area contributed by atoms with Crippen LogP contribution in [0.1, 0.15) is 28.9 Å². The lowest BCUT2D eigenvalue weighted by atomic mass is 9.75. The summed E-state index contributed by atoms with van der Waals surface area (Å²) in [6, 6.07) is 19.9. The number of carbonyl (C=O) groups is 1. The van der Waals surface area contributed by atoms with Gasteiger partial charge in [-0.05, 0) is 42.2 Å². The molecule has 4 rings (SSSR count). The molecule has 0 bridgehead atoms. The standard InChI is InChI=1S/C22H22N2O2/c25-18-13-17(14-18)20(12-15-6-2-1-3-7-15)24-22(26)21-19-9-5-4-8-16(19)10-11-23-21/h1-11,17-18,20,25H,12-14H2,(H,24,26)/t17?,18?,20-/m1/s1. The van der Waals surface area contributed by atoms with Crippen molar-refractivity contribution in [3.8, 4) is 0 Å². The summed E-state index contributed by atoms with van der Waals surface area (Å²) in [5, 5.41) is 14.8. The Kier molecular flexibility index (Phi) is 4.67. The molecule has 1 saturated carbocycles. The van der Waals surface area contributed by atoms with E-state index < -0.39 is 0 Å². The summed E-state index contributed by atoms with van der Waals surface area (Å²) >= 11 is 0. The van der Waals surface area contributed by atoms with Gasteiger partial charge in [0.25, 0.3) is 5.91 Å². The molecule has 1 fully saturated rings. The van der Waals surface area contributed by atoms with Crippen LogP contribution in [0.15, 0.2) is 66.9 Å². The molecule has 2 aromatic carbocycles. The third-order valence-electron chi connectivity index (χ3n) is 5.22.